The lowest BCUT2D eigenvalue weighted by Crippen LogP contribution is -2.01. The van der Waals surface area contributed by atoms with Crippen LogP contribution in [0.5, 0.6) is 0 Å². The fourth-order valence-electron chi connectivity index (χ4n) is 0.470. The molecular formula is C5H7NOS. The summed E-state index contributed by atoms with van der Waals surface area (Å²) in [6, 6.07) is 0. The number of rotatable bonds is 0. The van der Waals surface area contributed by atoms with Crippen molar-refractivity contribution in [2.24, 2.45) is 0 Å². The van der Waals surface area contributed by atoms with Crippen molar-refractivity contribution in [1.82, 2.24) is 4.90 Å². The van der Waals surface area contributed by atoms with Gasteiger partial charge in [0.15, 0.2) is 0 Å². The molecule has 1 heterocycles. The molecule has 1 rings (SSSR count). The summed E-state index contributed by atoms with van der Waals surface area (Å²) in [5, 5.41) is 11.3. The molecular weight excluding hydrogens is 122 g/mol. The number of hydrogen-bond acceptors (Lipinski definition) is 3. The standard InChI is InChI=1S/C5H7NOS/c1-6-2-3-8-5(6)4-7/h2-4,7H,1H3/b5-4-. The smallest absolute Gasteiger partial charge is 0.114 e. The van der Waals surface area contributed by atoms with Crippen molar-refractivity contribution < 1.29 is 5.11 Å². The highest BCUT2D eigenvalue weighted by Gasteiger charge is 2.05. The Morgan fingerprint density at radius 3 is 2.88 bits per heavy atom. The normalized spacial score (nSPS) is 23.1. The molecule has 8 heavy (non-hydrogen) atoms. The molecule has 2 nitrogen and oxygen atoms in total. The zero-order chi connectivity index (χ0) is 5.98. The highest BCUT2D eigenvalue weighted by molar-refractivity contribution is 8.06. The van der Waals surface area contributed by atoms with Crippen LogP contribution in [0, 0.1) is 0 Å². The van der Waals surface area contributed by atoms with Crippen LogP contribution in [0.25, 0.3) is 0 Å². The maximum atomic E-state index is 8.47. The number of hydrogen-bond donors (Lipinski definition) is 1. The first kappa shape index (κ1) is 5.56. The summed E-state index contributed by atoms with van der Waals surface area (Å²) in [4.78, 5) is 1.85. The second-order valence-electron chi connectivity index (χ2n) is 1.48. The van der Waals surface area contributed by atoms with Gasteiger partial charge in [0.2, 0.25) is 0 Å². The van der Waals surface area contributed by atoms with E-state index in [1.54, 1.807) is 0 Å². The van der Waals surface area contributed by atoms with Gasteiger partial charge in [0.1, 0.15) is 11.3 Å². The SMILES string of the molecule is CN1C=CS/C1=C\O. The topological polar surface area (TPSA) is 23.5 Å². The third-order valence-electron chi connectivity index (χ3n) is 0.931. The van der Waals surface area contributed by atoms with Crippen molar-refractivity contribution >= 4 is 11.8 Å². The molecule has 3 heteroatoms. The lowest BCUT2D eigenvalue weighted by molar-refractivity contribution is 0.451. The van der Waals surface area contributed by atoms with Crippen molar-refractivity contribution in [2.45, 2.75) is 0 Å². The Morgan fingerprint density at radius 1 is 1.88 bits per heavy atom. The second-order valence-corrected chi connectivity index (χ2v) is 2.41. The fourth-order valence-corrected chi connectivity index (χ4v) is 1.14. The summed E-state index contributed by atoms with van der Waals surface area (Å²) in [5.74, 6) is 0. The molecule has 0 aliphatic carbocycles. The summed E-state index contributed by atoms with van der Waals surface area (Å²) >= 11 is 1.51. The first-order chi connectivity index (χ1) is 3.84. The van der Waals surface area contributed by atoms with Crippen LogP contribution in [0.1, 0.15) is 0 Å². The number of nitrogens with zero attached hydrogens (tertiary/aromatic N) is 1. The maximum absolute atomic E-state index is 8.47. The van der Waals surface area contributed by atoms with Gasteiger partial charge in [-0.1, -0.05) is 11.8 Å². The van der Waals surface area contributed by atoms with Gasteiger partial charge in [0, 0.05) is 13.2 Å². The van der Waals surface area contributed by atoms with E-state index in [0.29, 0.717) is 0 Å². The van der Waals surface area contributed by atoms with Crippen LogP contribution in [-0.4, -0.2) is 17.1 Å². The summed E-state index contributed by atoms with van der Waals surface area (Å²) in [7, 11) is 1.89. The molecule has 0 aromatic heterocycles. The Hall–Kier alpha value is -0.570. The second kappa shape index (κ2) is 2.13. The van der Waals surface area contributed by atoms with Crippen molar-refractivity contribution in [1.29, 1.82) is 0 Å². The molecule has 0 saturated heterocycles. The van der Waals surface area contributed by atoms with E-state index in [0.717, 1.165) is 11.3 Å². The monoisotopic (exact) mass is 129 g/mol. The summed E-state index contributed by atoms with van der Waals surface area (Å²) in [6.07, 6.45) is 3.00. The molecule has 1 N–H and O–H groups in total. The molecule has 0 saturated carbocycles. The molecule has 0 atom stereocenters. The Bertz CT molecular complexity index is 141. The average Bonchev–Trinajstić information content (AvgIpc) is 2.14. The zero-order valence-electron chi connectivity index (χ0n) is 4.53. The average molecular weight is 129 g/mol. The van der Waals surface area contributed by atoms with E-state index in [1.165, 1.54) is 11.8 Å². The van der Waals surface area contributed by atoms with Gasteiger partial charge in [-0.3, -0.25) is 0 Å². The first-order valence-corrected chi connectivity index (χ1v) is 3.13. The third-order valence-corrected chi connectivity index (χ3v) is 1.82. The zero-order valence-corrected chi connectivity index (χ0v) is 5.35. The first-order valence-electron chi connectivity index (χ1n) is 2.25. The molecule has 0 bridgehead atoms. The van der Waals surface area contributed by atoms with E-state index in [4.69, 9.17) is 5.11 Å². The van der Waals surface area contributed by atoms with E-state index >= 15 is 0 Å². The molecule has 0 aromatic rings. The van der Waals surface area contributed by atoms with Crippen LogP contribution in [-0.2, 0) is 0 Å². The summed E-state index contributed by atoms with van der Waals surface area (Å²) < 4.78 is 0. The molecule has 0 radical (unpaired) electrons. The highest BCUT2D eigenvalue weighted by Crippen LogP contribution is 2.25. The quantitative estimate of drug-likeness (QED) is 0.501. The fraction of sp³-hybridized carbons (Fsp3) is 0.200. The van der Waals surface area contributed by atoms with Gasteiger partial charge < -0.3 is 10.0 Å². The summed E-state index contributed by atoms with van der Waals surface area (Å²) in [5.41, 5.74) is 0. The number of aliphatic hydroxyl groups excluding tert-OH is 1. The van der Waals surface area contributed by atoms with E-state index in [-0.39, 0.29) is 0 Å². The molecule has 0 unspecified atom stereocenters. The predicted molar refractivity (Wildman–Crippen MR) is 35.2 cm³/mol. The van der Waals surface area contributed by atoms with Crippen LogP contribution < -0.4 is 0 Å². The maximum Gasteiger partial charge on any atom is 0.114 e. The Labute approximate surface area is 52.5 Å². The Kier molecular flexibility index (Phi) is 1.48. The van der Waals surface area contributed by atoms with Crippen LogP contribution in [0.4, 0.5) is 0 Å². The van der Waals surface area contributed by atoms with Crippen molar-refractivity contribution in [3.05, 3.63) is 22.9 Å². The van der Waals surface area contributed by atoms with Crippen molar-refractivity contribution in [2.75, 3.05) is 7.05 Å². The van der Waals surface area contributed by atoms with Gasteiger partial charge in [0.25, 0.3) is 0 Å². The lowest BCUT2D eigenvalue weighted by atomic mass is 10.8. The lowest BCUT2D eigenvalue weighted by Gasteiger charge is -2.06. The molecule has 0 spiro atoms. The van der Waals surface area contributed by atoms with Crippen LogP contribution >= 0.6 is 11.8 Å². The van der Waals surface area contributed by atoms with Gasteiger partial charge in [-0.15, -0.1) is 0 Å². The molecule has 1 aliphatic heterocycles. The molecule has 1 aliphatic rings. The predicted octanol–water partition coefficient (Wildman–Crippen LogP) is 1.49. The van der Waals surface area contributed by atoms with Crippen LogP contribution in [0.2, 0.25) is 0 Å². The molecule has 0 amide bonds. The van der Waals surface area contributed by atoms with E-state index in [2.05, 4.69) is 0 Å². The largest absolute Gasteiger partial charge is 0.513 e. The van der Waals surface area contributed by atoms with Crippen molar-refractivity contribution in [3.8, 4) is 0 Å². The Morgan fingerprint density at radius 2 is 2.62 bits per heavy atom. The van der Waals surface area contributed by atoms with E-state index in [9.17, 15) is 0 Å². The van der Waals surface area contributed by atoms with Gasteiger partial charge in [-0.25, -0.2) is 0 Å². The minimum absolute atomic E-state index is 0.866. The van der Waals surface area contributed by atoms with E-state index < -0.39 is 0 Å². The highest BCUT2D eigenvalue weighted by atomic mass is 32.2. The van der Waals surface area contributed by atoms with Gasteiger partial charge in [-0.05, 0) is 5.41 Å². The minimum Gasteiger partial charge on any atom is -0.513 e. The molecule has 0 fully saturated rings. The van der Waals surface area contributed by atoms with Crippen molar-refractivity contribution in [3.63, 3.8) is 0 Å². The Balaban J connectivity index is 2.64. The third kappa shape index (κ3) is 0.816. The van der Waals surface area contributed by atoms with Crippen LogP contribution in [0.3, 0.4) is 0 Å². The van der Waals surface area contributed by atoms with Crippen LogP contribution in [0.15, 0.2) is 22.9 Å². The molecule has 44 valence electrons. The van der Waals surface area contributed by atoms with E-state index in [1.807, 2.05) is 23.6 Å². The molecule has 0 aromatic carbocycles. The number of aliphatic hydroxyl groups is 1. The number of thioether (sulfide) groups is 1. The van der Waals surface area contributed by atoms with Gasteiger partial charge in [-0.2, -0.15) is 0 Å². The summed E-state index contributed by atoms with van der Waals surface area (Å²) in [6.45, 7) is 0. The van der Waals surface area contributed by atoms with Gasteiger partial charge in [0.05, 0.1) is 0 Å². The van der Waals surface area contributed by atoms with Gasteiger partial charge >= 0.3 is 0 Å². The minimum atomic E-state index is 0.866.